The lowest BCUT2D eigenvalue weighted by Crippen LogP contribution is -2.32. The molecule has 3 rings (SSSR count). The lowest BCUT2D eigenvalue weighted by atomic mass is 10.2. The highest BCUT2D eigenvalue weighted by Gasteiger charge is 2.32. The highest BCUT2D eigenvalue weighted by molar-refractivity contribution is 8.00. The van der Waals surface area contributed by atoms with Gasteiger partial charge in [0.05, 0.1) is 17.9 Å². The van der Waals surface area contributed by atoms with E-state index in [1.54, 1.807) is 17.0 Å². The molecule has 1 atom stereocenters. The molecule has 2 heterocycles. The van der Waals surface area contributed by atoms with E-state index in [-0.39, 0.29) is 23.4 Å². The molecule has 0 N–H and O–H groups in total. The van der Waals surface area contributed by atoms with E-state index in [9.17, 15) is 22.4 Å². The largest absolute Gasteiger partial charge is 0.472 e. The molecule has 1 aliphatic rings. The highest BCUT2D eigenvalue weighted by atomic mass is 32.2. The van der Waals surface area contributed by atoms with Crippen molar-refractivity contribution in [2.45, 2.75) is 23.6 Å². The first-order chi connectivity index (χ1) is 12.8. The number of carbonyl (C=O) groups is 1. The van der Waals surface area contributed by atoms with Crippen molar-refractivity contribution in [3.63, 3.8) is 0 Å². The Kier molecular flexibility index (Phi) is 5.88. The molecule has 0 saturated carbocycles. The number of halogens is 4. The van der Waals surface area contributed by atoms with E-state index in [0.29, 0.717) is 19.5 Å². The number of benzene rings is 1. The summed E-state index contributed by atoms with van der Waals surface area (Å²) in [5.74, 6) is -0.356. The van der Waals surface area contributed by atoms with Gasteiger partial charge in [-0.3, -0.25) is 4.79 Å². The van der Waals surface area contributed by atoms with Crippen molar-refractivity contribution in [2.24, 2.45) is 0 Å². The molecule has 1 fully saturated rings. The normalized spacial score (nSPS) is 17.2. The van der Waals surface area contributed by atoms with E-state index >= 15 is 0 Å². The summed E-state index contributed by atoms with van der Waals surface area (Å²) in [7, 11) is 0. The second-order valence-electron chi connectivity index (χ2n) is 5.99. The van der Waals surface area contributed by atoms with E-state index in [1.165, 1.54) is 23.9 Å². The molecular weight excluding hydrogens is 384 g/mol. The molecule has 0 radical (unpaired) electrons. The maximum Gasteiger partial charge on any atom is 0.416 e. The van der Waals surface area contributed by atoms with Crippen LogP contribution in [0.25, 0.3) is 0 Å². The standard InChI is InChI=1S/C18H16F4N2O2S/c19-13-1-3-15(4-2-13)27-11-17(25)24-8-6-14(10-24)26-16-9-12(5-7-23-16)18(20,21)22/h1-5,7,9,14H,6,8,10-11H2/t14-/m0/s1. The maximum absolute atomic E-state index is 12.9. The maximum atomic E-state index is 12.9. The summed E-state index contributed by atoms with van der Waals surface area (Å²) in [6.45, 7) is 0.757. The Morgan fingerprint density at radius 2 is 2.00 bits per heavy atom. The minimum atomic E-state index is -4.46. The molecule has 1 saturated heterocycles. The summed E-state index contributed by atoms with van der Waals surface area (Å²) in [6.07, 6.45) is -3.29. The summed E-state index contributed by atoms with van der Waals surface area (Å²) >= 11 is 1.30. The predicted molar refractivity (Wildman–Crippen MR) is 92.0 cm³/mol. The third-order valence-corrected chi connectivity index (χ3v) is 5.02. The second-order valence-corrected chi connectivity index (χ2v) is 7.04. The molecule has 4 nitrogen and oxygen atoms in total. The number of likely N-dealkylation sites (tertiary alicyclic amines) is 1. The first kappa shape index (κ1) is 19.5. The Balaban J connectivity index is 1.51. The molecule has 1 aromatic heterocycles. The van der Waals surface area contributed by atoms with Gasteiger partial charge in [0.2, 0.25) is 11.8 Å². The monoisotopic (exact) mass is 400 g/mol. The zero-order chi connectivity index (χ0) is 19.4. The Labute approximate surface area is 157 Å². The Morgan fingerprint density at radius 3 is 2.70 bits per heavy atom. The van der Waals surface area contributed by atoms with Crippen molar-refractivity contribution in [3.05, 3.63) is 54.0 Å². The highest BCUT2D eigenvalue weighted by Crippen LogP contribution is 2.31. The Bertz CT molecular complexity index is 799. The molecular formula is C18H16F4N2O2S. The number of thioether (sulfide) groups is 1. The summed E-state index contributed by atoms with van der Waals surface area (Å²) < 4.78 is 56.6. The van der Waals surface area contributed by atoms with Crippen molar-refractivity contribution in [1.29, 1.82) is 0 Å². The first-order valence-corrected chi connectivity index (χ1v) is 9.16. The SMILES string of the molecule is O=C(CSc1ccc(F)cc1)N1CC[C@H](Oc2cc(C(F)(F)F)ccn2)C1. The van der Waals surface area contributed by atoms with Crippen LogP contribution in [0.4, 0.5) is 17.6 Å². The molecule has 0 aliphatic carbocycles. The number of aromatic nitrogens is 1. The number of hydrogen-bond acceptors (Lipinski definition) is 4. The molecule has 0 unspecified atom stereocenters. The smallest absolute Gasteiger partial charge is 0.416 e. The second kappa shape index (κ2) is 8.16. The minimum Gasteiger partial charge on any atom is -0.472 e. The van der Waals surface area contributed by atoms with Gasteiger partial charge in [-0.2, -0.15) is 13.2 Å². The van der Waals surface area contributed by atoms with Gasteiger partial charge in [-0.1, -0.05) is 0 Å². The van der Waals surface area contributed by atoms with Crippen molar-refractivity contribution in [1.82, 2.24) is 9.88 Å². The van der Waals surface area contributed by atoms with Crippen LogP contribution in [0, 0.1) is 5.82 Å². The van der Waals surface area contributed by atoms with Gasteiger partial charge in [0, 0.05) is 30.1 Å². The van der Waals surface area contributed by atoms with E-state index in [0.717, 1.165) is 23.2 Å². The quantitative estimate of drug-likeness (QED) is 0.562. The van der Waals surface area contributed by atoms with Gasteiger partial charge in [-0.15, -0.1) is 11.8 Å². The molecule has 1 amide bonds. The van der Waals surface area contributed by atoms with Crippen molar-refractivity contribution in [2.75, 3.05) is 18.8 Å². The average Bonchev–Trinajstić information content (AvgIpc) is 3.09. The molecule has 27 heavy (non-hydrogen) atoms. The molecule has 0 spiro atoms. The fourth-order valence-electron chi connectivity index (χ4n) is 2.64. The fraction of sp³-hybridized carbons (Fsp3) is 0.333. The van der Waals surface area contributed by atoms with Gasteiger partial charge in [-0.05, 0) is 30.3 Å². The first-order valence-electron chi connectivity index (χ1n) is 8.17. The third-order valence-electron chi connectivity index (χ3n) is 4.02. The number of pyridine rings is 1. The number of hydrogen-bond donors (Lipinski definition) is 0. The molecule has 144 valence electrons. The predicted octanol–water partition coefficient (Wildman–Crippen LogP) is 4.01. The number of nitrogens with zero attached hydrogens (tertiary/aromatic N) is 2. The molecule has 2 aromatic rings. The summed E-state index contributed by atoms with van der Waals surface area (Å²) in [6, 6.07) is 7.59. The third kappa shape index (κ3) is 5.35. The van der Waals surface area contributed by atoms with Crippen LogP contribution in [0.2, 0.25) is 0 Å². The van der Waals surface area contributed by atoms with Gasteiger partial charge >= 0.3 is 6.18 Å². The Morgan fingerprint density at radius 1 is 1.26 bits per heavy atom. The summed E-state index contributed by atoms with van der Waals surface area (Å²) in [5.41, 5.74) is -0.825. The molecule has 1 aromatic carbocycles. The van der Waals surface area contributed by atoms with Crippen LogP contribution in [-0.2, 0) is 11.0 Å². The van der Waals surface area contributed by atoms with Gasteiger partial charge in [0.25, 0.3) is 0 Å². The summed E-state index contributed by atoms with van der Waals surface area (Å²) in [5, 5.41) is 0. The number of carbonyl (C=O) groups excluding carboxylic acids is 1. The molecule has 9 heteroatoms. The van der Waals surface area contributed by atoms with Crippen molar-refractivity contribution < 1.29 is 27.1 Å². The van der Waals surface area contributed by atoms with Crippen LogP contribution in [0.3, 0.4) is 0 Å². The van der Waals surface area contributed by atoms with E-state index in [2.05, 4.69) is 4.98 Å². The van der Waals surface area contributed by atoms with Gasteiger partial charge in [-0.25, -0.2) is 9.37 Å². The van der Waals surface area contributed by atoms with Crippen molar-refractivity contribution >= 4 is 17.7 Å². The number of ether oxygens (including phenoxy) is 1. The zero-order valence-electron chi connectivity index (χ0n) is 14.1. The van der Waals surface area contributed by atoms with Crippen LogP contribution in [-0.4, -0.2) is 40.7 Å². The summed E-state index contributed by atoms with van der Waals surface area (Å²) in [4.78, 5) is 18.5. The van der Waals surface area contributed by atoms with Crippen LogP contribution < -0.4 is 4.74 Å². The van der Waals surface area contributed by atoms with Gasteiger partial charge < -0.3 is 9.64 Å². The van der Waals surface area contributed by atoms with E-state index in [4.69, 9.17) is 4.74 Å². The van der Waals surface area contributed by atoms with Crippen molar-refractivity contribution in [3.8, 4) is 5.88 Å². The van der Waals surface area contributed by atoms with Crippen LogP contribution in [0.1, 0.15) is 12.0 Å². The molecule has 0 bridgehead atoms. The lowest BCUT2D eigenvalue weighted by Gasteiger charge is -2.17. The van der Waals surface area contributed by atoms with Gasteiger partial charge in [0.1, 0.15) is 11.9 Å². The zero-order valence-corrected chi connectivity index (χ0v) is 14.9. The number of alkyl halides is 3. The van der Waals surface area contributed by atoms with Crippen LogP contribution in [0.15, 0.2) is 47.5 Å². The Hall–Kier alpha value is -2.29. The van der Waals surface area contributed by atoms with Gasteiger partial charge in [0.15, 0.2) is 0 Å². The average molecular weight is 400 g/mol. The van der Waals surface area contributed by atoms with Crippen LogP contribution in [0.5, 0.6) is 5.88 Å². The molecule has 1 aliphatic heterocycles. The van der Waals surface area contributed by atoms with E-state index in [1.807, 2.05) is 0 Å². The fourth-order valence-corrected chi connectivity index (χ4v) is 3.44. The number of amides is 1. The van der Waals surface area contributed by atoms with E-state index < -0.39 is 17.8 Å². The number of rotatable bonds is 5. The minimum absolute atomic E-state index is 0.104. The van der Waals surface area contributed by atoms with Crippen LogP contribution >= 0.6 is 11.8 Å². The topological polar surface area (TPSA) is 42.4 Å². The lowest BCUT2D eigenvalue weighted by molar-refractivity contribution is -0.137.